The van der Waals surface area contributed by atoms with E-state index in [-0.39, 0.29) is 6.10 Å². The van der Waals surface area contributed by atoms with Gasteiger partial charge in [0.2, 0.25) is 0 Å². The van der Waals surface area contributed by atoms with Gasteiger partial charge in [-0.3, -0.25) is 0 Å². The molecule has 14 heavy (non-hydrogen) atoms. The first-order chi connectivity index (χ1) is 6.75. The molecule has 0 aromatic heterocycles. The van der Waals surface area contributed by atoms with Gasteiger partial charge in [0, 0.05) is 17.6 Å². The summed E-state index contributed by atoms with van der Waals surface area (Å²) in [7, 11) is 0. The van der Waals surface area contributed by atoms with Gasteiger partial charge in [0.25, 0.3) is 0 Å². The summed E-state index contributed by atoms with van der Waals surface area (Å²) in [5.74, 6) is 0. The van der Waals surface area contributed by atoms with Crippen LogP contribution in [-0.4, -0.2) is 19.7 Å². The lowest BCUT2D eigenvalue weighted by Crippen LogP contribution is -2.33. The van der Waals surface area contributed by atoms with Crippen LogP contribution in [0.5, 0.6) is 0 Å². The molecule has 1 heterocycles. The molecular formula is C11H14BrNO. The zero-order valence-electron chi connectivity index (χ0n) is 8.22. The Morgan fingerprint density at radius 3 is 2.93 bits per heavy atom. The van der Waals surface area contributed by atoms with Gasteiger partial charge in [-0.1, -0.05) is 22.0 Å². The van der Waals surface area contributed by atoms with Crippen LogP contribution in [0, 0.1) is 6.92 Å². The van der Waals surface area contributed by atoms with Crippen LogP contribution in [-0.2, 0) is 4.74 Å². The van der Waals surface area contributed by atoms with Crippen LogP contribution in [0.25, 0.3) is 0 Å². The minimum absolute atomic E-state index is 0.208. The van der Waals surface area contributed by atoms with Crippen LogP contribution in [0.1, 0.15) is 17.2 Å². The molecule has 1 fully saturated rings. The second kappa shape index (κ2) is 4.43. The largest absolute Gasteiger partial charge is 0.371 e. The van der Waals surface area contributed by atoms with E-state index in [9.17, 15) is 0 Å². The van der Waals surface area contributed by atoms with Crippen molar-refractivity contribution in [3.63, 3.8) is 0 Å². The Morgan fingerprint density at radius 2 is 2.29 bits per heavy atom. The van der Waals surface area contributed by atoms with Crippen molar-refractivity contribution in [1.82, 2.24) is 5.32 Å². The molecule has 1 atom stereocenters. The van der Waals surface area contributed by atoms with Crippen molar-refractivity contribution in [2.24, 2.45) is 0 Å². The summed E-state index contributed by atoms with van der Waals surface area (Å²) in [6.07, 6.45) is 0.208. The second-order valence-corrected chi connectivity index (χ2v) is 4.54. The molecule has 0 radical (unpaired) electrons. The highest BCUT2D eigenvalue weighted by atomic mass is 79.9. The number of benzene rings is 1. The lowest BCUT2D eigenvalue weighted by Gasteiger charge is -2.24. The van der Waals surface area contributed by atoms with E-state index in [4.69, 9.17) is 4.74 Å². The lowest BCUT2D eigenvalue weighted by molar-refractivity contribution is 0.0276. The number of aryl methyl sites for hydroxylation is 1. The summed E-state index contributed by atoms with van der Waals surface area (Å²) in [5.41, 5.74) is 2.52. The van der Waals surface area contributed by atoms with Crippen LogP contribution in [0.3, 0.4) is 0 Å². The Kier molecular flexibility index (Phi) is 3.21. The standard InChI is InChI=1S/C11H14BrNO/c1-8-4-9(6-10(12)5-8)11-7-13-2-3-14-11/h4-6,11,13H,2-3,7H2,1H3. The van der Waals surface area contributed by atoms with Gasteiger partial charge in [0.1, 0.15) is 0 Å². The van der Waals surface area contributed by atoms with Gasteiger partial charge in [0.05, 0.1) is 12.7 Å². The predicted molar refractivity (Wildman–Crippen MR) is 60.4 cm³/mol. The van der Waals surface area contributed by atoms with Crippen LogP contribution in [0.15, 0.2) is 22.7 Å². The Labute approximate surface area is 92.8 Å². The highest BCUT2D eigenvalue weighted by Gasteiger charge is 2.15. The molecule has 1 aromatic rings. The molecule has 0 spiro atoms. The van der Waals surface area contributed by atoms with Crippen molar-refractivity contribution >= 4 is 15.9 Å². The molecule has 76 valence electrons. The van der Waals surface area contributed by atoms with E-state index in [2.05, 4.69) is 46.4 Å². The Hall–Kier alpha value is -0.380. The van der Waals surface area contributed by atoms with Crippen LogP contribution < -0.4 is 5.32 Å². The first-order valence-corrected chi connectivity index (χ1v) is 5.64. The van der Waals surface area contributed by atoms with Crippen LogP contribution in [0.2, 0.25) is 0 Å². The number of ether oxygens (including phenoxy) is 1. The van der Waals surface area contributed by atoms with Gasteiger partial charge in [-0.15, -0.1) is 0 Å². The van der Waals surface area contributed by atoms with Gasteiger partial charge in [0.15, 0.2) is 0 Å². The molecule has 1 aliphatic rings. The molecule has 1 aliphatic heterocycles. The van der Waals surface area contributed by atoms with Crippen molar-refractivity contribution < 1.29 is 4.74 Å². The molecule has 1 saturated heterocycles. The number of hydrogen-bond acceptors (Lipinski definition) is 2. The summed E-state index contributed by atoms with van der Waals surface area (Å²) in [6, 6.07) is 6.42. The molecule has 3 heteroatoms. The highest BCUT2D eigenvalue weighted by Crippen LogP contribution is 2.23. The number of nitrogens with one attached hydrogen (secondary N) is 1. The average molecular weight is 256 g/mol. The predicted octanol–water partition coefficient (Wildman–Crippen LogP) is 2.42. The Bertz CT molecular complexity index is 301. The number of hydrogen-bond donors (Lipinski definition) is 1. The molecule has 0 amide bonds. The van der Waals surface area contributed by atoms with E-state index in [1.54, 1.807) is 0 Å². The molecule has 0 aliphatic carbocycles. The molecule has 0 saturated carbocycles. The van der Waals surface area contributed by atoms with E-state index in [0.717, 1.165) is 24.2 Å². The fraction of sp³-hybridized carbons (Fsp3) is 0.455. The topological polar surface area (TPSA) is 21.3 Å². The summed E-state index contributed by atoms with van der Waals surface area (Å²) < 4.78 is 6.82. The fourth-order valence-electron chi connectivity index (χ4n) is 1.73. The van der Waals surface area contributed by atoms with Crippen molar-refractivity contribution in [2.75, 3.05) is 19.7 Å². The van der Waals surface area contributed by atoms with Crippen LogP contribution in [0.4, 0.5) is 0 Å². The van der Waals surface area contributed by atoms with Crippen molar-refractivity contribution in [1.29, 1.82) is 0 Å². The minimum Gasteiger partial charge on any atom is -0.371 e. The SMILES string of the molecule is Cc1cc(Br)cc(C2CNCCO2)c1. The molecule has 0 bridgehead atoms. The zero-order chi connectivity index (χ0) is 9.97. The highest BCUT2D eigenvalue weighted by molar-refractivity contribution is 9.10. The lowest BCUT2D eigenvalue weighted by atomic mass is 10.1. The van der Waals surface area contributed by atoms with E-state index in [1.165, 1.54) is 11.1 Å². The van der Waals surface area contributed by atoms with Gasteiger partial charge in [-0.2, -0.15) is 0 Å². The minimum atomic E-state index is 0.208. The fourth-order valence-corrected chi connectivity index (χ4v) is 2.36. The second-order valence-electron chi connectivity index (χ2n) is 3.63. The summed E-state index contributed by atoms with van der Waals surface area (Å²) in [6.45, 7) is 4.78. The van der Waals surface area contributed by atoms with E-state index in [1.807, 2.05) is 0 Å². The van der Waals surface area contributed by atoms with Gasteiger partial charge in [-0.25, -0.2) is 0 Å². The zero-order valence-corrected chi connectivity index (χ0v) is 9.80. The third-order valence-electron chi connectivity index (χ3n) is 2.36. The third kappa shape index (κ3) is 2.35. The van der Waals surface area contributed by atoms with Gasteiger partial charge < -0.3 is 10.1 Å². The van der Waals surface area contributed by atoms with Crippen LogP contribution >= 0.6 is 15.9 Å². The van der Waals surface area contributed by atoms with Crippen molar-refractivity contribution in [2.45, 2.75) is 13.0 Å². The smallest absolute Gasteiger partial charge is 0.0950 e. The Morgan fingerprint density at radius 1 is 1.43 bits per heavy atom. The molecule has 2 nitrogen and oxygen atoms in total. The maximum absolute atomic E-state index is 5.69. The summed E-state index contributed by atoms with van der Waals surface area (Å²) in [4.78, 5) is 0. The maximum atomic E-state index is 5.69. The summed E-state index contributed by atoms with van der Waals surface area (Å²) in [5, 5.41) is 3.33. The number of morpholine rings is 1. The number of halogens is 1. The third-order valence-corrected chi connectivity index (χ3v) is 2.82. The maximum Gasteiger partial charge on any atom is 0.0950 e. The molecule has 1 N–H and O–H groups in total. The molecular weight excluding hydrogens is 242 g/mol. The van der Waals surface area contributed by atoms with Gasteiger partial charge >= 0.3 is 0 Å². The Balaban J connectivity index is 2.21. The van der Waals surface area contributed by atoms with Crippen molar-refractivity contribution in [3.05, 3.63) is 33.8 Å². The first kappa shape index (κ1) is 10.1. The first-order valence-electron chi connectivity index (χ1n) is 4.85. The molecule has 1 unspecified atom stereocenters. The summed E-state index contributed by atoms with van der Waals surface area (Å²) >= 11 is 3.50. The van der Waals surface area contributed by atoms with E-state index < -0.39 is 0 Å². The van der Waals surface area contributed by atoms with E-state index in [0.29, 0.717) is 0 Å². The quantitative estimate of drug-likeness (QED) is 0.833. The van der Waals surface area contributed by atoms with Gasteiger partial charge in [-0.05, 0) is 30.2 Å². The normalized spacial score (nSPS) is 22.3. The van der Waals surface area contributed by atoms with E-state index >= 15 is 0 Å². The monoisotopic (exact) mass is 255 g/mol. The average Bonchev–Trinajstić information content (AvgIpc) is 2.18. The molecule has 1 aromatic carbocycles. The number of rotatable bonds is 1. The van der Waals surface area contributed by atoms with Crippen molar-refractivity contribution in [3.8, 4) is 0 Å². The molecule has 2 rings (SSSR count).